The van der Waals surface area contributed by atoms with Gasteiger partial charge in [-0.15, -0.1) is 5.10 Å². The molecule has 0 aromatic heterocycles. The molecule has 158 valence electrons. The molecule has 4 rings (SSSR count). The van der Waals surface area contributed by atoms with Crippen LogP contribution in [0.1, 0.15) is 29.2 Å². The van der Waals surface area contributed by atoms with Crippen LogP contribution in [-0.2, 0) is 6.54 Å². The van der Waals surface area contributed by atoms with Crippen molar-refractivity contribution in [3.05, 3.63) is 138 Å². The highest BCUT2D eigenvalue weighted by atomic mass is 15.2. The van der Waals surface area contributed by atoms with E-state index < -0.39 is 0 Å². The van der Waals surface area contributed by atoms with Crippen molar-refractivity contribution < 1.29 is 0 Å². The monoisotopic (exact) mass is 417 g/mol. The molecule has 3 nitrogen and oxygen atoms in total. The molecule has 0 heterocycles. The average Bonchev–Trinajstić information content (AvgIpc) is 2.87. The summed E-state index contributed by atoms with van der Waals surface area (Å²) in [6.07, 6.45) is 1.81. The van der Waals surface area contributed by atoms with Gasteiger partial charge in [-0.25, -0.2) is 0 Å². The smallest absolute Gasteiger partial charge is 0.100 e. The number of hydrogen-bond donors (Lipinski definition) is 0. The van der Waals surface area contributed by atoms with Gasteiger partial charge in [0.1, 0.15) is 5.71 Å². The van der Waals surface area contributed by atoms with Crippen LogP contribution in [0.5, 0.6) is 0 Å². The first-order valence-electron chi connectivity index (χ1n) is 10.9. The van der Waals surface area contributed by atoms with Gasteiger partial charge >= 0.3 is 0 Å². The summed E-state index contributed by atoms with van der Waals surface area (Å²) in [6, 6.07) is 39.4. The van der Waals surface area contributed by atoms with Crippen LogP contribution in [0.25, 0.3) is 0 Å². The van der Waals surface area contributed by atoms with Crippen LogP contribution in [0.15, 0.2) is 125 Å². The van der Waals surface area contributed by atoms with Crippen molar-refractivity contribution in [3.63, 3.8) is 0 Å². The molecule has 0 unspecified atom stereocenters. The summed E-state index contributed by atoms with van der Waals surface area (Å²) in [6.45, 7) is 4.03. The number of hydrogen-bond acceptors (Lipinski definition) is 3. The molecule has 0 radical (unpaired) electrons. The summed E-state index contributed by atoms with van der Waals surface area (Å²) in [5.41, 5.74) is 6.49. The Bertz CT molecular complexity index is 1110. The molecule has 0 spiro atoms. The Morgan fingerprint density at radius 1 is 0.688 bits per heavy atom. The first kappa shape index (κ1) is 21.3. The van der Waals surface area contributed by atoms with E-state index in [1.54, 1.807) is 0 Å². The molecule has 0 saturated heterocycles. The zero-order chi connectivity index (χ0) is 22.0. The summed E-state index contributed by atoms with van der Waals surface area (Å²) in [4.78, 5) is 2.36. The molecule has 3 heteroatoms. The molecule has 0 fully saturated rings. The molecule has 0 bridgehead atoms. The Kier molecular flexibility index (Phi) is 7.22. The minimum Gasteiger partial charge on any atom is -0.367 e. The van der Waals surface area contributed by atoms with Crippen molar-refractivity contribution in [3.8, 4) is 0 Å². The van der Waals surface area contributed by atoms with E-state index in [0.29, 0.717) is 0 Å². The van der Waals surface area contributed by atoms with Crippen LogP contribution in [0.4, 0.5) is 5.69 Å². The first-order chi connectivity index (χ1) is 15.8. The first-order valence-corrected chi connectivity index (χ1v) is 10.9. The summed E-state index contributed by atoms with van der Waals surface area (Å²) >= 11 is 0. The Morgan fingerprint density at radius 3 is 1.75 bits per heavy atom. The third-order valence-corrected chi connectivity index (χ3v) is 5.32. The van der Waals surface area contributed by atoms with Gasteiger partial charge in [-0.05, 0) is 30.2 Å². The number of nitrogens with zero attached hydrogens (tertiary/aromatic N) is 3. The maximum atomic E-state index is 4.56. The number of rotatable bonds is 8. The van der Waals surface area contributed by atoms with E-state index in [1.165, 1.54) is 11.3 Å². The van der Waals surface area contributed by atoms with Gasteiger partial charge in [0, 0.05) is 29.9 Å². The molecule has 0 saturated carbocycles. The van der Waals surface area contributed by atoms with Crippen molar-refractivity contribution in [2.24, 2.45) is 10.2 Å². The lowest BCUT2D eigenvalue weighted by Gasteiger charge is -2.23. The molecule has 0 aliphatic heterocycles. The minimum atomic E-state index is 0.860. The zero-order valence-electron chi connectivity index (χ0n) is 18.3. The van der Waals surface area contributed by atoms with Crippen LogP contribution < -0.4 is 4.90 Å². The van der Waals surface area contributed by atoms with E-state index >= 15 is 0 Å². The third kappa shape index (κ3) is 5.58. The van der Waals surface area contributed by atoms with E-state index in [-0.39, 0.29) is 0 Å². The second-order valence-electron chi connectivity index (χ2n) is 7.52. The van der Waals surface area contributed by atoms with Gasteiger partial charge in [0.15, 0.2) is 0 Å². The third-order valence-electron chi connectivity index (χ3n) is 5.32. The molecule has 0 aliphatic carbocycles. The summed E-state index contributed by atoms with van der Waals surface area (Å²) in [7, 11) is 0. The Balaban J connectivity index is 1.51. The van der Waals surface area contributed by atoms with Gasteiger partial charge in [-0.3, -0.25) is 0 Å². The number of benzene rings is 4. The number of anilines is 1. The molecule has 0 amide bonds. The van der Waals surface area contributed by atoms with E-state index in [1.807, 2.05) is 42.6 Å². The maximum Gasteiger partial charge on any atom is 0.100 e. The van der Waals surface area contributed by atoms with Gasteiger partial charge in [0.2, 0.25) is 0 Å². The van der Waals surface area contributed by atoms with Crippen molar-refractivity contribution in [2.45, 2.75) is 13.5 Å². The Labute approximate surface area is 190 Å². The van der Waals surface area contributed by atoms with Crippen LogP contribution in [-0.4, -0.2) is 18.5 Å². The van der Waals surface area contributed by atoms with Crippen molar-refractivity contribution >= 4 is 17.6 Å². The molecule has 4 aromatic rings. The van der Waals surface area contributed by atoms with Crippen LogP contribution >= 0.6 is 0 Å². The second-order valence-corrected chi connectivity index (χ2v) is 7.52. The fourth-order valence-corrected chi connectivity index (χ4v) is 3.59. The molecule has 4 aromatic carbocycles. The van der Waals surface area contributed by atoms with Crippen molar-refractivity contribution in [1.82, 2.24) is 0 Å². The lowest BCUT2D eigenvalue weighted by molar-refractivity contribution is 0.832. The summed E-state index contributed by atoms with van der Waals surface area (Å²) in [5, 5.41) is 8.97. The average molecular weight is 418 g/mol. The predicted molar refractivity (Wildman–Crippen MR) is 136 cm³/mol. The molecular weight excluding hydrogens is 390 g/mol. The highest BCUT2D eigenvalue weighted by molar-refractivity contribution is 6.12. The SMILES string of the molecule is CCN(Cc1ccccc1)c1ccc(C=NN=C(c2ccccc2)c2ccccc2)cc1. The topological polar surface area (TPSA) is 28.0 Å². The second kappa shape index (κ2) is 10.9. The van der Waals surface area contributed by atoms with Gasteiger partial charge in [-0.1, -0.05) is 103 Å². The standard InChI is InChI=1S/C29H27N3/c1-2-32(23-25-12-6-3-7-13-25)28-20-18-24(19-21-28)22-30-31-29(26-14-8-4-9-15-26)27-16-10-5-11-17-27/h3-22H,2,23H2,1H3. The van der Waals surface area contributed by atoms with E-state index in [9.17, 15) is 0 Å². The summed E-state index contributed by atoms with van der Waals surface area (Å²) in [5.74, 6) is 0. The van der Waals surface area contributed by atoms with E-state index in [0.717, 1.165) is 35.5 Å². The van der Waals surface area contributed by atoms with Crippen molar-refractivity contribution in [1.29, 1.82) is 0 Å². The normalized spacial score (nSPS) is 10.8. The van der Waals surface area contributed by atoms with Gasteiger partial charge in [0.25, 0.3) is 0 Å². The highest BCUT2D eigenvalue weighted by Gasteiger charge is 2.07. The molecule has 32 heavy (non-hydrogen) atoms. The molecular formula is C29H27N3. The molecule has 0 atom stereocenters. The summed E-state index contributed by atoms with van der Waals surface area (Å²) < 4.78 is 0. The van der Waals surface area contributed by atoms with Gasteiger partial charge in [0.05, 0.1) is 6.21 Å². The minimum absolute atomic E-state index is 0.860. The Hall–Kier alpha value is -3.98. The quantitative estimate of drug-likeness (QED) is 0.235. The maximum absolute atomic E-state index is 4.56. The largest absolute Gasteiger partial charge is 0.367 e. The predicted octanol–water partition coefficient (Wildman–Crippen LogP) is 6.58. The van der Waals surface area contributed by atoms with Crippen LogP contribution in [0.3, 0.4) is 0 Å². The lowest BCUT2D eigenvalue weighted by Crippen LogP contribution is -2.21. The molecule has 0 aliphatic rings. The zero-order valence-corrected chi connectivity index (χ0v) is 18.3. The fourth-order valence-electron chi connectivity index (χ4n) is 3.59. The van der Waals surface area contributed by atoms with Gasteiger partial charge < -0.3 is 4.90 Å². The van der Waals surface area contributed by atoms with E-state index in [2.05, 4.69) is 101 Å². The fraction of sp³-hybridized carbons (Fsp3) is 0.103. The Morgan fingerprint density at radius 2 is 1.22 bits per heavy atom. The van der Waals surface area contributed by atoms with Crippen molar-refractivity contribution in [2.75, 3.05) is 11.4 Å². The molecule has 0 N–H and O–H groups in total. The van der Waals surface area contributed by atoms with E-state index in [4.69, 9.17) is 0 Å². The van der Waals surface area contributed by atoms with Crippen LogP contribution in [0, 0.1) is 0 Å². The van der Waals surface area contributed by atoms with Crippen LogP contribution in [0.2, 0.25) is 0 Å². The highest BCUT2D eigenvalue weighted by Crippen LogP contribution is 2.18. The lowest BCUT2D eigenvalue weighted by atomic mass is 10.0. The van der Waals surface area contributed by atoms with Gasteiger partial charge in [-0.2, -0.15) is 5.10 Å².